The highest BCUT2D eigenvalue weighted by Crippen LogP contribution is 2.46. The number of methoxy groups -OCH3 is 1. The van der Waals surface area contributed by atoms with Crippen LogP contribution in [0.25, 0.3) is 0 Å². The van der Waals surface area contributed by atoms with Gasteiger partial charge in [0.25, 0.3) is 0 Å². The highest BCUT2D eigenvalue weighted by atomic mass is 16.5. The Bertz CT molecular complexity index is 533. The van der Waals surface area contributed by atoms with Gasteiger partial charge in [-0.3, -0.25) is 9.69 Å². The minimum Gasteiger partial charge on any atom is -0.381 e. The van der Waals surface area contributed by atoms with Gasteiger partial charge in [-0.15, -0.1) is 0 Å². The quantitative estimate of drug-likeness (QED) is 0.856. The summed E-state index contributed by atoms with van der Waals surface area (Å²) in [6.07, 6.45) is 6.44. The Hall–Kier alpha value is -1.39. The van der Waals surface area contributed by atoms with E-state index in [-0.39, 0.29) is 11.3 Å². The molecule has 1 aliphatic heterocycles. The number of rotatable bonds is 4. The number of anilines is 1. The lowest BCUT2D eigenvalue weighted by atomic mass is 9.76. The molecule has 2 atom stereocenters. The van der Waals surface area contributed by atoms with E-state index in [1.165, 1.54) is 32.1 Å². The maximum atomic E-state index is 12.6. The van der Waals surface area contributed by atoms with Gasteiger partial charge >= 0.3 is 0 Å². The summed E-state index contributed by atoms with van der Waals surface area (Å²) in [6.45, 7) is 2.52. The predicted octanol–water partition coefficient (Wildman–Crippen LogP) is 2.93. The molecule has 1 spiro atoms. The SMILES string of the molecule is CO[C@@H]1CCC[C@]12CCCN(CC(=O)N(C)c1ccccc1)C2. The molecule has 1 aromatic carbocycles. The number of likely N-dealkylation sites (tertiary alicyclic amines) is 1. The van der Waals surface area contributed by atoms with E-state index in [9.17, 15) is 4.79 Å². The third kappa shape index (κ3) is 3.43. The lowest BCUT2D eigenvalue weighted by Gasteiger charge is -2.43. The zero-order valence-corrected chi connectivity index (χ0v) is 14.3. The Morgan fingerprint density at radius 2 is 2.04 bits per heavy atom. The summed E-state index contributed by atoms with van der Waals surface area (Å²) >= 11 is 0. The summed E-state index contributed by atoms with van der Waals surface area (Å²) in [7, 11) is 3.70. The van der Waals surface area contributed by atoms with Crippen LogP contribution in [0.2, 0.25) is 0 Å². The number of amides is 1. The molecule has 4 nitrogen and oxygen atoms in total. The van der Waals surface area contributed by atoms with Gasteiger partial charge in [-0.1, -0.05) is 24.6 Å². The highest BCUT2D eigenvalue weighted by molar-refractivity contribution is 5.94. The predicted molar refractivity (Wildman–Crippen MR) is 92.6 cm³/mol. The minimum atomic E-state index is 0.167. The van der Waals surface area contributed by atoms with Crippen molar-refractivity contribution in [3.05, 3.63) is 30.3 Å². The van der Waals surface area contributed by atoms with Crippen molar-refractivity contribution in [1.82, 2.24) is 4.90 Å². The van der Waals surface area contributed by atoms with Gasteiger partial charge in [-0.2, -0.15) is 0 Å². The Morgan fingerprint density at radius 1 is 1.30 bits per heavy atom. The van der Waals surface area contributed by atoms with Gasteiger partial charge in [0, 0.05) is 31.8 Å². The summed E-state index contributed by atoms with van der Waals surface area (Å²) in [5, 5.41) is 0. The fraction of sp³-hybridized carbons (Fsp3) is 0.632. The van der Waals surface area contributed by atoms with Gasteiger partial charge in [0.2, 0.25) is 5.91 Å². The molecule has 1 aliphatic carbocycles. The fourth-order valence-corrected chi connectivity index (χ4v) is 4.43. The van der Waals surface area contributed by atoms with E-state index in [0.29, 0.717) is 12.6 Å². The molecule has 1 saturated heterocycles. The first kappa shape index (κ1) is 16.5. The van der Waals surface area contributed by atoms with Crippen LogP contribution in [-0.4, -0.2) is 50.7 Å². The molecule has 0 bridgehead atoms. The van der Waals surface area contributed by atoms with Gasteiger partial charge in [-0.05, 0) is 44.4 Å². The smallest absolute Gasteiger partial charge is 0.240 e. The largest absolute Gasteiger partial charge is 0.381 e. The van der Waals surface area contributed by atoms with E-state index in [2.05, 4.69) is 4.90 Å². The number of nitrogens with zero attached hydrogens (tertiary/aromatic N) is 2. The molecular weight excluding hydrogens is 288 g/mol. The zero-order chi connectivity index (χ0) is 16.3. The molecule has 1 amide bonds. The summed E-state index contributed by atoms with van der Waals surface area (Å²) in [5.74, 6) is 0.167. The molecule has 1 saturated carbocycles. The van der Waals surface area contributed by atoms with E-state index in [4.69, 9.17) is 4.74 Å². The van der Waals surface area contributed by atoms with Crippen molar-refractivity contribution in [2.45, 2.75) is 38.2 Å². The number of carbonyl (C=O) groups is 1. The first-order chi connectivity index (χ1) is 11.1. The molecule has 1 aromatic rings. The molecule has 126 valence electrons. The Labute approximate surface area is 139 Å². The molecule has 0 N–H and O–H groups in total. The first-order valence-electron chi connectivity index (χ1n) is 8.71. The second-order valence-corrected chi connectivity index (χ2v) is 7.08. The molecule has 2 fully saturated rings. The molecule has 0 radical (unpaired) electrons. The average molecular weight is 316 g/mol. The standard InChI is InChI=1S/C19H28N2O2/c1-20(16-8-4-3-5-9-16)18(22)14-21-13-7-12-19(15-21)11-6-10-17(19)23-2/h3-5,8-9,17H,6-7,10-15H2,1-2H3/t17-,19-/m1/s1. The third-order valence-corrected chi connectivity index (χ3v) is 5.67. The first-order valence-corrected chi connectivity index (χ1v) is 8.71. The number of likely N-dealkylation sites (N-methyl/N-ethyl adjacent to an activating group) is 1. The van der Waals surface area contributed by atoms with Crippen LogP contribution >= 0.6 is 0 Å². The topological polar surface area (TPSA) is 32.8 Å². The lowest BCUT2D eigenvalue weighted by Crippen LogP contribution is -2.50. The van der Waals surface area contributed by atoms with Gasteiger partial charge in [0.1, 0.15) is 0 Å². The number of hydrogen-bond donors (Lipinski definition) is 0. The van der Waals surface area contributed by atoms with E-state index < -0.39 is 0 Å². The highest BCUT2D eigenvalue weighted by Gasteiger charge is 2.45. The molecule has 2 aliphatic rings. The monoisotopic (exact) mass is 316 g/mol. The molecule has 3 rings (SSSR count). The summed E-state index contributed by atoms with van der Waals surface area (Å²) < 4.78 is 5.75. The zero-order valence-electron chi connectivity index (χ0n) is 14.3. The van der Waals surface area contributed by atoms with Gasteiger partial charge in [0.15, 0.2) is 0 Å². The van der Waals surface area contributed by atoms with Gasteiger partial charge in [0.05, 0.1) is 12.6 Å². The summed E-state index contributed by atoms with van der Waals surface area (Å²) in [4.78, 5) is 16.7. The van der Waals surface area contributed by atoms with Crippen LogP contribution in [0.3, 0.4) is 0 Å². The van der Waals surface area contributed by atoms with Gasteiger partial charge < -0.3 is 9.64 Å². The lowest BCUT2D eigenvalue weighted by molar-refractivity contribution is -0.121. The number of benzene rings is 1. The van der Waals surface area contributed by atoms with Crippen LogP contribution in [0.15, 0.2) is 30.3 Å². The third-order valence-electron chi connectivity index (χ3n) is 5.67. The van der Waals surface area contributed by atoms with Crippen molar-refractivity contribution in [3.8, 4) is 0 Å². The van der Waals surface area contributed by atoms with Crippen molar-refractivity contribution in [3.63, 3.8) is 0 Å². The van der Waals surface area contributed by atoms with Crippen molar-refractivity contribution >= 4 is 11.6 Å². The average Bonchev–Trinajstić information content (AvgIpc) is 2.96. The van der Waals surface area contributed by atoms with E-state index >= 15 is 0 Å². The molecule has 1 heterocycles. The van der Waals surface area contributed by atoms with Crippen LogP contribution in [-0.2, 0) is 9.53 Å². The normalized spacial score (nSPS) is 28.2. The number of para-hydroxylation sites is 1. The minimum absolute atomic E-state index is 0.167. The molecule has 0 aromatic heterocycles. The fourth-order valence-electron chi connectivity index (χ4n) is 4.43. The van der Waals surface area contributed by atoms with Crippen LogP contribution in [0.1, 0.15) is 32.1 Å². The molecule has 0 unspecified atom stereocenters. The number of carbonyl (C=O) groups excluding carboxylic acids is 1. The molecular formula is C19H28N2O2. The maximum Gasteiger partial charge on any atom is 0.240 e. The van der Waals surface area contributed by atoms with Crippen molar-refractivity contribution < 1.29 is 9.53 Å². The van der Waals surface area contributed by atoms with E-state index in [1.54, 1.807) is 4.90 Å². The maximum absolute atomic E-state index is 12.6. The van der Waals surface area contributed by atoms with Crippen LogP contribution in [0, 0.1) is 5.41 Å². The van der Waals surface area contributed by atoms with Crippen molar-refractivity contribution in [1.29, 1.82) is 0 Å². The van der Waals surface area contributed by atoms with Crippen LogP contribution in [0.5, 0.6) is 0 Å². The van der Waals surface area contributed by atoms with Crippen LogP contribution < -0.4 is 4.90 Å². The molecule has 23 heavy (non-hydrogen) atoms. The number of ether oxygens (including phenoxy) is 1. The second-order valence-electron chi connectivity index (χ2n) is 7.08. The van der Waals surface area contributed by atoms with Crippen molar-refractivity contribution in [2.24, 2.45) is 5.41 Å². The second kappa shape index (κ2) is 7.02. The molecule has 4 heteroatoms. The van der Waals surface area contributed by atoms with Gasteiger partial charge in [-0.25, -0.2) is 0 Å². The summed E-state index contributed by atoms with van der Waals surface area (Å²) in [6, 6.07) is 9.87. The Morgan fingerprint density at radius 3 is 2.78 bits per heavy atom. The van der Waals surface area contributed by atoms with E-state index in [1.807, 2.05) is 44.5 Å². The number of piperidine rings is 1. The number of hydrogen-bond acceptors (Lipinski definition) is 3. The van der Waals surface area contributed by atoms with Crippen molar-refractivity contribution in [2.75, 3.05) is 38.7 Å². The van der Waals surface area contributed by atoms with E-state index in [0.717, 1.165) is 18.8 Å². The summed E-state index contributed by atoms with van der Waals surface area (Å²) in [5.41, 5.74) is 1.23. The Kier molecular flexibility index (Phi) is 5.02. The van der Waals surface area contributed by atoms with Crippen LogP contribution in [0.4, 0.5) is 5.69 Å². The Balaban J connectivity index is 1.62.